The summed E-state index contributed by atoms with van der Waals surface area (Å²) >= 11 is 0. The molecule has 40 heavy (non-hydrogen) atoms. The zero-order valence-electron chi connectivity index (χ0n) is 22.8. The van der Waals surface area contributed by atoms with Crippen LogP contribution in [-0.2, 0) is 4.79 Å². The predicted molar refractivity (Wildman–Crippen MR) is 156 cm³/mol. The Morgan fingerprint density at radius 3 is 2.50 bits per heavy atom. The van der Waals surface area contributed by atoms with Gasteiger partial charge in [0, 0.05) is 24.7 Å². The minimum Gasteiger partial charge on any atom is -0.457 e. The molecule has 4 aromatic rings. The van der Waals surface area contributed by atoms with Crippen molar-refractivity contribution in [1.82, 2.24) is 30.2 Å². The van der Waals surface area contributed by atoms with E-state index in [2.05, 4.69) is 15.5 Å². The summed E-state index contributed by atoms with van der Waals surface area (Å²) in [4.78, 5) is 27.1. The van der Waals surface area contributed by atoms with Crippen molar-refractivity contribution in [3.05, 3.63) is 77.1 Å². The monoisotopic (exact) mass is 541 g/mol. The van der Waals surface area contributed by atoms with E-state index in [-0.39, 0.29) is 23.3 Å². The van der Waals surface area contributed by atoms with Crippen molar-refractivity contribution in [3.63, 3.8) is 0 Å². The highest BCUT2D eigenvalue weighted by molar-refractivity contribution is 5.99. The summed E-state index contributed by atoms with van der Waals surface area (Å²) < 4.78 is 7.75. The molecule has 0 saturated heterocycles. The normalized spacial score (nSPS) is 17.5. The molecule has 0 bridgehead atoms. The predicted octanol–water partition coefficient (Wildman–Crippen LogP) is 4.13. The number of benzene rings is 2. The third-order valence-electron chi connectivity index (χ3n) is 7.23. The molecular formula is C30H35N7O3. The Bertz CT molecular complexity index is 1530. The van der Waals surface area contributed by atoms with Crippen molar-refractivity contribution in [2.75, 3.05) is 32.9 Å². The molecule has 1 saturated carbocycles. The van der Waals surface area contributed by atoms with Crippen LogP contribution in [0.2, 0.25) is 0 Å². The van der Waals surface area contributed by atoms with Crippen LogP contribution in [0.5, 0.6) is 11.5 Å². The highest BCUT2D eigenvalue weighted by Crippen LogP contribution is 2.37. The molecule has 1 aliphatic rings. The number of amides is 1. The van der Waals surface area contributed by atoms with Crippen LogP contribution in [0.1, 0.15) is 31.7 Å². The van der Waals surface area contributed by atoms with Gasteiger partial charge in [0.2, 0.25) is 5.91 Å². The molecule has 208 valence electrons. The van der Waals surface area contributed by atoms with Crippen LogP contribution < -0.4 is 21.3 Å². The summed E-state index contributed by atoms with van der Waals surface area (Å²) in [6.45, 7) is 1.36. The number of nitrogen functional groups attached to an aromatic ring is 1. The van der Waals surface area contributed by atoms with E-state index < -0.39 is 0 Å². The number of H-pyrrole nitrogens is 1. The van der Waals surface area contributed by atoms with Gasteiger partial charge in [-0.25, -0.2) is 5.10 Å². The van der Waals surface area contributed by atoms with Gasteiger partial charge in [-0.15, -0.1) is 0 Å². The molecule has 1 aliphatic carbocycles. The number of aromatic nitrogens is 4. The third kappa shape index (κ3) is 6.23. The molecule has 10 nitrogen and oxygen atoms in total. The second kappa shape index (κ2) is 12.2. The van der Waals surface area contributed by atoms with Crippen molar-refractivity contribution in [2.45, 2.75) is 31.7 Å². The van der Waals surface area contributed by atoms with Crippen LogP contribution in [0.15, 0.2) is 71.5 Å². The Kier molecular flexibility index (Phi) is 8.26. The van der Waals surface area contributed by atoms with Crippen molar-refractivity contribution in [1.29, 1.82) is 0 Å². The van der Waals surface area contributed by atoms with Gasteiger partial charge in [0.25, 0.3) is 5.56 Å². The van der Waals surface area contributed by atoms with E-state index in [0.29, 0.717) is 34.8 Å². The average Bonchev–Trinajstić information content (AvgIpc) is 3.37. The average molecular weight is 542 g/mol. The van der Waals surface area contributed by atoms with Gasteiger partial charge < -0.3 is 20.7 Å². The number of carbonyl (C=O) groups excluding carboxylic acids is 1. The fourth-order valence-electron chi connectivity index (χ4n) is 5.15. The van der Waals surface area contributed by atoms with Crippen molar-refractivity contribution >= 4 is 22.6 Å². The highest BCUT2D eigenvalue weighted by Gasteiger charge is 2.28. The maximum absolute atomic E-state index is 13.0. The molecule has 0 radical (unpaired) electrons. The first kappa shape index (κ1) is 27.1. The summed E-state index contributed by atoms with van der Waals surface area (Å²) in [6.07, 6.45) is 6.99. The Hall–Kier alpha value is -4.44. The number of hydrogen-bond donors (Lipinski definition) is 3. The van der Waals surface area contributed by atoms with E-state index in [1.807, 2.05) is 84.4 Å². The third-order valence-corrected chi connectivity index (χ3v) is 7.23. The second-order valence-corrected chi connectivity index (χ2v) is 10.5. The molecule has 0 aliphatic heterocycles. The van der Waals surface area contributed by atoms with Crippen molar-refractivity contribution in [2.24, 2.45) is 5.92 Å². The van der Waals surface area contributed by atoms with Gasteiger partial charge in [0.15, 0.2) is 5.82 Å². The van der Waals surface area contributed by atoms with E-state index in [1.165, 1.54) is 0 Å². The Labute approximate surface area is 232 Å². The molecular weight excluding hydrogens is 506 g/mol. The fraction of sp³-hybridized carbons (Fsp3) is 0.333. The lowest BCUT2D eigenvalue weighted by Gasteiger charge is -2.29. The second-order valence-electron chi connectivity index (χ2n) is 10.5. The van der Waals surface area contributed by atoms with Gasteiger partial charge in [0.1, 0.15) is 22.7 Å². The van der Waals surface area contributed by atoms with Crippen LogP contribution in [0.4, 0.5) is 5.82 Å². The fourth-order valence-corrected chi connectivity index (χ4v) is 5.15. The lowest BCUT2D eigenvalue weighted by Crippen LogP contribution is -2.31. The minimum atomic E-state index is -0.314. The Balaban J connectivity index is 1.31. The number of nitrogens with two attached hydrogens (primary N) is 1. The van der Waals surface area contributed by atoms with E-state index in [9.17, 15) is 9.59 Å². The lowest BCUT2D eigenvalue weighted by atomic mass is 9.86. The summed E-state index contributed by atoms with van der Waals surface area (Å²) in [5.41, 5.74) is 7.84. The lowest BCUT2D eigenvalue weighted by molar-refractivity contribution is -0.116. The zero-order chi connectivity index (χ0) is 28.1. The van der Waals surface area contributed by atoms with Gasteiger partial charge >= 0.3 is 0 Å². The number of rotatable bonds is 9. The first-order valence-electron chi connectivity index (χ1n) is 13.6. The Morgan fingerprint density at radius 1 is 1.10 bits per heavy atom. The topological polar surface area (TPSA) is 131 Å². The molecule has 0 spiro atoms. The standard InChI is InChI=1S/C30H35N7O3/c1-36(2)18-6-9-25(38)32-19-20-10-14-22(15-11-20)37-28-26(29(31)33-34-30(28)39)27(35-37)21-12-16-24(17-13-21)40-23-7-4-3-5-8-23/h3-9,12-13,16-17,20,22H,10-11,14-15,18-19H2,1-2H3,(H2,31,33)(H,32,38)(H,34,39)/b9-6+. The van der Waals surface area contributed by atoms with Crippen LogP contribution in [0.25, 0.3) is 22.2 Å². The summed E-state index contributed by atoms with van der Waals surface area (Å²) in [6, 6.07) is 17.2. The molecule has 4 N–H and O–H groups in total. The number of nitrogens with zero attached hydrogens (tertiary/aromatic N) is 4. The summed E-state index contributed by atoms with van der Waals surface area (Å²) in [5.74, 6) is 1.99. The number of para-hydroxylation sites is 1. The maximum atomic E-state index is 13.0. The van der Waals surface area contributed by atoms with Gasteiger partial charge in [-0.05, 0) is 82.1 Å². The maximum Gasteiger partial charge on any atom is 0.290 e. The molecule has 2 heterocycles. The number of likely N-dealkylation sites (N-methyl/N-ethyl adjacent to an activating group) is 1. The number of ether oxygens (including phenoxy) is 1. The molecule has 0 unspecified atom stereocenters. The smallest absolute Gasteiger partial charge is 0.290 e. The molecule has 2 aromatic carbocycles. The van der Waals surface area contributed by atoms with E-state index >= 15 is 0 Å². The number of nitrogens with one attached hydrogen (secondary N) is 2. The van der Waals surface area contributed by atoms with Gasteiger partial charge in [-0.3, -0.25) is 14.3 Å². The van der Waals surface area contributed by atoms with Crippen LogP contribution >= 0.6 is 0 Å². The SMILES string of the molecule is CN(C)C/C=C/C(=O)NCC1CCC(n2nc(-c3ccc(Oc4ccccc4)cc3)c3c(N)n[nH]c(=O)c32)CC1. The minimum absolute atomic E-state index is 0.0479. The van der Waals surface area contributed by atoms with E-state index in [0.717, 1.165) is 43.5 Å². The van der Waals surface area contributed by atoms with Gasteiger partial charge in [-0.2, -0.15) is 10.2 Å². The van der Waals surface area contributed by atoms with Crippen LogP contribution in [0, 0.1) is 5.92 Å². The molecule has 2 aromatic heterocycles. The summed E-state index contributed by atoms with van der Waals surface area (Å²) in [7, 11) is 3.92. The number of hydrogen-bond acceptors (Lipinski definition) is 7. The number of anilines is 1. The van der Waals surface area contributed by atoms with Gasteiger partial charge in [-0.1, -0.05) is 24.3 Å². The van der Waals surface area contributed by atoms with Gasteiger partial charge in [0.05, 0.1) is 11.4 Å². The molecule has 0 atom stereocenters. The van der Waals surface area contributed by atoms with E-state index in [1.54, 1.807) is 6.08 Å². The molecule has 5 rings (SSSR count). The number of carbonyl (C=O) groups is 1. The van der Waals surface area contributed by atoms with Crippen molar-refractivity contribution in [3.8, 4) is 22.8 Å². The highest BCUT2D eigenvalue weighted by atomic mass is 16.5. The summed E-state index contributed by atoms with van der Waals surface area (Å²) in [5, 5.41) is 15.0. The molecule has 1 fully saturated rings. The van der Waals surface area contributed by atoms with Crippen molar-refractivity contribution < 1.29 is 9.53 Å². The quantitative estimate of drug-likeness (QED) is 0.272. The number of aromatic amines is 1. The first-order chi connectivity index (χ1) is 19.4. The zero-order valence-corrected chi connectivity index (χ0v) is 22.8. The first-order valence-corrected chi connectivity index (χ1v) is 13.6. The van der Waals surface area contributed by atoms with E-state index in [4.69, 9.17) is 15.6 Å². The number of fused-ring (bicyclic) bond motifs is 1. The largest absolute Gasteiger partial charge is 0.457 e. The Morgan fingerprint density at radius 2 is 1.80 bits per heavy atom. The molecule has 1 amide bonds. The molecule has 10 heteroatoms. The van der Waals surface area contributed by atoms with Crippen LogP contribution in [-0.4, -0.2) is 58.0 Å². The van der Waals surface area contributed by atoms with Crippen LogP contribution in [0.3, 0.4) is 0 Å².